The van der Waals surface area contributed by atoms with Gasteiger partial charge in [-0.3, -0.25) is 9.59 Å². The smallest absolute Gasteiger partial charge is 0.312 e. The molecule has 0 saturated heterocycles. The SMILES string of the molecule is COc1cc(C)c(N(C)C(=O)CC(=O)O)cc1C. The maximum absolute atomic E-state index is 11.7. The lowest BCUT2D eigenvalue weighted by atomic mass is 10.1. The van der Waals surface area contributed by atoms with Crippen LogP contribution in [-0.2, 0) is 9.59 Å². The fraction of sp³-hybridized carbons (Fsp3) is 0.385. The predicted molar refractivity (Wildman–Crippen MR) is 68.1 cm³/mol. The standard InChI is InChI=1S/C13H17NO4/c1-8-6-11(18-4)9(2)5-10(8)14(3)12(15)7-13(16)17/h5-6H,7H2,1-4H3,(H,16,17). The molecule has 0 aromatic heterocycles. The molecule has 0 saturated carbocycles. The lowest BCUT2D eigenvalue weighted by Crippen LogP contribution is -2.28. The van der Waals surface area contributed by atoms with Gasteiger partial charge >= 0.3 is 5.97 Å². The van der Waals surface area contributed by atoms with Crippen LogP contribution < -0.4 is 9.64 Å². The fourth-order valence-corrected chi connectivity index (χ4v) is 1.74. The average molecular weight is 251 g/mol. The van der Waals surface area contributed by atoms with Crippen molar-refractivity contribution in [3.05, 3.63) is 23.3 Å². The first-order chi connectivity index (χ1) is 8.36. The van der Waals surface area contributed by atoms with Gasteiger partial charge in [-0.25, -0.2) is 0 Å². The second-order valence-corrected chi connectivity index (χ2v) is 4.13. The van der Waals surface area contributed by atoms with E-state index < -0.39 is 18.3 Å². The number of carboxylic acids is 1. The third-order valence-electron chi connectivity index (χ3n) is 2.75. The molecule has 0 radical (unpaired) electrons. The van der Waals surface area contributed by atoms with Crippen LogP contribution in [0.1, 0.15) is 17.5 Å². The maximum Gasteiger partial charge on any atom is 0.312 e. The van der Waals surface area contributed by atoms with E-state index in [-0.39, 0.29) is 0 Å². The Morgan fingerprint density at radius 3 is 2.39 bits per heavy atom. The molecule has 0 aliphatic rings. The Labute approximate surface area is 106 Å². The normalized spacial score (nSPS) is 10.0. The fourth-order valence-electron chi connectivity index (χ4n) is 1.74. The lowest BCUT2D eigenvalue weighted by molar-refractivity contribution is -0.140. The van der Waals surface area contributed by atoms with Gasteiger partial charge in [-0.2, -0.15) is 0 Å². The largest absolute Gasteiger partial charge is 0.496 e. The van der Waals surface area contributed by atoms with Crippen LogP contribution in [-0.4, -0.2) is 31.1 Å². The molecule has 0 atom stereocenters. The van der Waals surface area contributed by atoms with Crippen LogP contribution in [0.2, 0.25) is 0 Å². The molecule has 0 aliphatic heterocycles. The summed E-state index contributed by atoms with van der Waals surface area (Å²) < 4.78 is 5.19. The number of carbonyl (C=O) groups is 2. The quantitative estimate of drug-likeness (QED) is 0.828. The first kappa shape index (κ1) is 14.0. The molecule has 18 heavy (non-hydrogen) atoms. The summed E-state index contributed by atoms with van der Waals surface area (Å²) >= 11 is 0. The zero-order valence-electron chi connectivity index (χ0n) is 11.0. The van der Waals surface area contributed by atoms with Gasteiger partial charge in [0.15, 0.2) is 0 Å². The first-order valence-electron chi connectivity index (χ1n) is 5.50. The summed E-state index contributed by atoms with van der Waals surface area (Å²) in [6.45, 7) is 3.72. The first-order valence-corrected chi connectivity index (χ1v) is 5.50. The molecule has 0 spiro atoms. The Morgan fingerprint density at radius 1 is 1.28 bits per heavy atom. The minimum absolute atomic E-state index is 0.449. The third kappa shape index (κ3) is 3.00. The molecule has 1 amide bonds. The van der Waals surface area contributed by atoms with E-state index in [4.69, 9.17) is 9.84 Å². The molecule has 0 bridgehead atoms. The van der Waals surface area contributed by atoms with E-state index >= 15 is 0 Å². The molecule has 98 valence electrons. The number of benzene rings is 1. The van der Waals surface area contributed by atoms with Gasteiger partial charge in [0.25, 0.3) is 0 Å². The van der Waals surface area contributed by atoms with E-state index in [1.807, 2.05) is 26.0 Å². The summed E-state index contributed by atoms with van der Waals surface area (Å²) in [5, 5.41) is 8.62. The summed E-state index contributed by atoms with van der Waals surface area (Å²) in [7, 11) is 3.15. The molecule has 5 heteroatoms. The van der Waals surface area contributed by atoms with Crippen LogP contribution in [0, 0.1) is 13.8 Å². The van der Waals surface area contributed by atoms with Crippen molar-refractivity contribution >= 4 is 17.6 Å². The van der Waals surface area contributed by atoms with Crippen molar-refractivity contribution in [1.29, 1.82) is 0 Å². The van der Waals surface area contributed by atoms with Gasteiger partial charge in [-0.05, 0) is 37.1 Å². The molecule has 1 rings (SSSR count). The summed E-state index contributed by atoms with van der Waals surface area (Å²) in [4.78, 5) is 23.6. The molecular formula is C13H17NO4. The van der Waals surface area contributed by atoms with Crippen LogP contribution in [0.15, 0.2) is 12.1 Å². The number of ether oxygens (including phenoxy) is 1. The van der Waals surface area contributed by atoms with Gasteiger partial charge in [-0.1, -0.05) is 0 Å². The van der Waals surface area contributed by atoms with Crippen LogP contribution in [0.4, 0.5) is 5.69 Å². The second kappa shape index (κ2) is 5.53. The number of anilines is 1. The van der Waals surface area contributed by atoms with Gasteiger partial charge < -0.3 is 14.7 Å². The van der Waals surface area contributed by atoms with E-state index in [1.54, 1.807) is 14.2 Å². The summed E-state index contributed by atoms with van der Waals surface area (Å²) in [5.41, 5.74) is 2.45. The summed E-state index contributed by atoms with van der Waals surface area (Å²) in [6.07, 6.45) is -0.513. The van der Waals surface area contributed by atoms with Gasteiger partial charge in [0.1, 0.15) is 12.2 Å². The Morgan fingerprint density at radius 2 is 1.89 bits per heavy atom. The number of hydrogen-bond donors (Lipinski definition) is 1. The van der Waals surface area contributed by atoms with Crippen molar-refractivity contribution < 1.29 is 19.4 Å². The van der Waals surface area contributed by atoms with Crippen molar-refractivity contribution in [3.8, 4) is 5.75 Å². The number of hydrogen-bond acceptors (Lipinski definition) is 3. The van der Waals surface area contributed by atoms with Gasteiger partial charge in [-0.15, -0.1) is 0 Å². The molecule has 0 heterocycles. The Hall–Kier alpha value is -2.04. The molecule has 1 N–H and O–H groups in total. The summed E-state index contributed by atoms with van der Waals surface area (Å²) in [5.74, 6) is -0.833. The number of aliphatic carboxylic acids is 1. The Balaban J connectivity index is 3.06. The van der Waals surface area contributed by atoms with Crippen LogP contribution in [0.25, 0.3) is 0 Å². The highest BCUT2D eigenvalue weighted by molar-refractivity contribution is 6.03. The van der Waals surface area contributed by atoms with Gasteiger partial charge in [0.05, 0.1) is 7.11 Å². The van der Waals surface area contributed by atoms with Crippen molar-refractivity contribution in [2.75, 3.05) is 19.1 Å². The second-order valence-electron chi connectivity index (χ2n) is 4.13. The zero-order chi connectivity index (χ0) is 13.9. The van der Waals surface area contributed by atoms with Crippen LogP contribution >= 0.6 is 0 Å². The van der Waals surface area contributed by atoms with Crippen LogP contribution in [0.5, 0.6) is 5.75 Å². The Kier molecular flexibility index (Phi) is 4.31. The number of amides is 1. The molecule has 5 nitrogen and oxygen atoms in total. The van der Waals surface area contributed by atoms with Crippen molar-refractivity contribution in [2.24, 2.45) is 0 Å². The molecule has 0 unspecified atom stereocenters. The number of aryl methyl sites for hydroxylation is 2. The molecule has 0 aliphatic carbocycles. The van der Waals surface area contributed by atoms with Gasteiger partial charge in [0.2, 0.25) is 5.91 Å². The number of methoxy groups -OCH3 is 1. The van der Waals surface area contributed by atoms with Crippen molar-refractivity contribution in [2.45, 2.75) is 20.3 Å². The Bertz CT molecular complexity index is 482. The molecular weight excluding hydrogens is 234 g/mol. The number of carbonyl (C=O) groups excluding carboxylic acids is 1. The minimum atomic E-state index is -1.13. The highest BCUT2D eigenvalue weighted by Crippen LogP contribution is 2.28. The van der Waals surface area contributed by atoms with Crippen LogP contribution in [0.3, 0.4) is 0 Å². The predicted octanol–water partition coefficient (Wildman–Crippen LogP) is 1.75. The number of nitrogens with zero attached hydrogens (tertiary/aromatic N) is 1. The lowest BCUT2D eigenvalue weighted by Gasteiger charge is -2.20. The van der Waals surface area contributed by atoms with Gasteiger partial charge in [0, 0.05) is 12.7 Å². The van der Waals surface area contributed by atoms with E-state index in [0.29, 0.717) is 5.69 Å². The molecule has 1 aromatic rings. The minimum Gasteiger partial charge on any atom is -0.496 e. The van der Waals surface area contributed by atoms with Crippen molar-refractivity contribution in [1.82, 2.24) is 0 Å². The third-order valence-corrected chi connectivity index (χ3v) is 2.75. The monoisotopic (exact) mass is 251 g/mol. The van der Waals surface area contributed by atoms with E-state index in [1.165, 1.54) is 4.90 Å². The molecule has 0 fully saturated rings. The van der Waals surface area contributed by atoms with E-state index in [9.17, 15) is 9.59 Å². The highest BCUT2D eigenvalue weighted by Gasteiger charge is 2.17. The summed E-state index contributed by atoms with van der Waals surface area (Å²) in [6, 6.07) is 3.64. The highest BCUT2D eigenvalue weighted by atomic mass is 16.5. The van der Waals surface area contributed by atoms with E-state index in [0.717, 1.165) is 16.9 Å². The van der Waals surface area contributed by atoms with Crippen molar-refractivity contribution in [3.63, 3.8) is 0 Å². The zero-order valence-corrected chi connectivity index (χ0v) is 11.0. The number of rotatable bonds is 4. The topological polar surface area (TPSA) is 66.8 Å². The number of carboxylic acid groups (broad SMARTS) is 1. The average Bonchev–Trinajstić information content (AvgIpc) is 2.29. The van der Waals surface area contributed by atoms with E-state index in [2.05, 4.69) is 0 Å². The molecule has 1 aromatic carbocycles. The maximum atomic E-state index is 11.7.